The third-order valence-electron chi connectivity index (χ3n) is 3.15. The summed E-state index contributed by atoms with van der Waals surface area (Å²) in [5.41, 5.74) is 7.19. The number of nitrogens with zero attached hydrogens (tertiary/aromatic N) is 2. The van der Waals surface area contributed by atoms with Gasteiger partial charge in [0.1, 0.15) is 0 Å². The van der Waals surface area contributed by atoms with E-state index in [1.165, 1.54) is 0 Å². The van der Waals surface area contributed by atoms with E-state index in [4.69, 9.17) is 10.2 Å². The molecule has 3 N–H and O–H groups in total. The average molecular weight is 288 g/mol. The first-order chi connectivity index (χ1) is 10.1. The van der Waals surface area contributed by atoms with Crippen LogP contribution in [0.4, 0.5) is 5.69 Å². The Bertz CT molecular complexity index is 609. The number of hydrogen-bond acceptors (Lipinski definition) is 5. The molecule has 0 spiro atoms. The van der Waals surface area contributed by atoms with Gasteiger partial charge in [-0.05, 0) is 18.6 Å². The van der Waals surface area contributed by atoms with E-state index in [0.717, 1.165) is 12.8 Å². The van der Waals surface area contributed by atoms with Crippen LogP contribution in [0.2, 0.25) is 0 Å². The Balaban J connectivity index is 2.15. The van der Waals surface area contributed by atoms with Crippen molar-refractivity contribution in [1.29, 1.82) is 0 Å². The molecule has 1 atom stereocenters. The molecule has 0 radical (unpaired) electrons. The summed E-state index contributed by atoms with van der Waals surface area (Å²) in [6.07, 6.45) is 2.61. The largest absolute Gasteiger partial charge is 0.421 e. The lowest BCUT2D eigenvalue weighted by Crippen LogP contribution is -2.35. The Hall–Kier alpha value is -2.21. The lowest BCUT2D eigenvalue weighted by Gasteiger charge is -2.13. The van der Waals surface area contributed by atoms with Crippen molar-refractivity contribution in [2.75, 3.05) is 5.32 Å². The third kappa shape index (κ3) is 3.88. The predicted molar refractivity (Wildman–Crippen MR) is 80.6 cm³/mol. The fourth-order valence-corrected chi connectivity index (χ4v) is 1.96. The Morgan fingerprint density at radius 3 is 2.81 bits per heavy atom. The summed E-state index contributed by atoms with van der Waals surface area (Å²) >= 11 is 0. The number of hydrogen-bond donors (Lipinski definition) is 2. The zero-order valence-corrected chi connectivity index (χ0v) is 12.3. The van der Waals surface area contributed by atoms with E-state index >= 15 is 0 Å². The van der Waals surface area contributed by atoms with Crippen LogP contribution in [0.25, 0.3) is 11.5 Å². The fourth-order valence-electron chi connectivity index (χ4n) is 1.96. The van der Waals surface area contributed by atoms with Gasteiger partial charge in [-0.2, -0.15) is 0 Å². The molecule has 0 fully saturated rings. The van der Waals surface area contributed by atoms with Gasteiger partial charge in [-0.25, -0.2) is 0 Å². The summed E-state index contributed by atoms with van der Waals surface area (Å²) in [4.78, 5) is 12.1. The number of carbonyl (C=O) groups is 1. The fraction of sp³-hybridized carbons (Fsp3) is 0.400. The van der Waals surface area contributed by atoms with Crippen molar-refractivity contribution >= 4 is 11.6 Å². The molecular weight excluding hydrogens is 268 g/mol. The molecule has 6 nitrogen and oxygen atoms in total. The second-order valence-corrected chi connectivity index (χ2v) is 4.91. The SMILES string of the molecule is CCCC[C@H](N)C(=O)Nc1ccccc1-c1nnc(C)o1. The van der Waals surface area contributed by atoms with Gasteiger partial charge in [0.05, 0.1) is 17.3 Å². The first-order valence-electron chi connectivity index (χ1n) is 7.07. The molecular formula is C15H20N4O2. The molecule has 0 bridgehead atoms. The van der Waals surface area contributed by atoms with Crippen LogP contribution < -0.4 is 11.1 Å². The number of nitrogens with one attached hydrogen (secondary N) is 1. The number of benzene rings is 1. The number of carbonyl (C=O) groups excluding carboxylic acids is 1. The normalized spacial score (nSPS) is 12.1. The van der Waals surface area contributed by atoms with E-state index in [1.807, 2.05) is 18.2 Å². The lowest BCUT2D eigenvalue weighted by molar-refractivity contribution is -0.117. The Kier molecular flexibility index (Phi) is 5.05. The summed E-state index contributed by atoms with van der Waals surface area (Å²) in [5, 5.41) is 10.6. The maximum absolute atomic E-state index is 12.1. The van der Waals surface area contributed by atoms with Crippen molar-refractivity contribution in [2.24, 2.45) is 5.73 Å². The maximum atomic E-state index is 12.1. The Labute approximate surface area is 123 Å². The van der Waals surface area contributed by atoms with Crippen molar-refractivity contribution in [1.82, 2.24) is 10.2 Å². The molecule has 1 amide bonds. The highest BCUT2D eigenvalue weighted by Gasteiger charge is 2.16. The van der Waals surface area contributed by atoms with Gasteiger partial charge >= 0.3 is 0 Å². The van der Waals surface area contributed by atoms with Gasteiger partial charge < -0.3 is 15.5 Å². The number of para-hydroxylation sites is 1. The van der Waals surface area contributed by atoms with Crippen LogP contribution in [0.1, 0.15) is 32.1 Å². The molecule has 2 aromatic rings. The predicted octanol–water partition coefficient (Wildman–Crippen LogP) is 2.50. The van der Waals surface area contributed by atoms with Crippen LogP contribution in [-0.2, 0) is 4.79 Å². The van der Waals surface area contributed by atoms with Gasteiger partial charge in [-0.1, -0.05) is 31.9 Å². The van der Waals surface area contributed by atoms with Crippen LogP contribution in [0.3, 0.4) is 0 Å². The van der Waals surface area contributed by atoms with Crippen LogP contribution in [-0.4, -0.2) is 22.1 Å². The zero-order valence-electron chi connectivity index (χ0n) is 12.3. The van der Waals surface area contributed by atoms with E-state index in [2.05, 4.69) is 22.4 Å². The van der Waals surface area contributed by atoms with E-state index in [9.17, 15) is 4.79 Å². The quantitative estimate of drug-likeness (QED) is 0.851. The molecule has 0 unspecified atom stereocenters. The first-order valence-corrected chi connectivity index (χ1v) is 7.07. The molecule has 21 heavy (non-hydrogen) atoms. The molecule has 0 saturated carbocycles. The van der Waals surface area contributed by atoms with Crippen LogP contribution in [0, 0.1) is 6.92 Å². The molecule has 1 heterocycles. The summed E-state index contributed by atoms with van der Waals surface area (Å²) in [5.74, 6) is 0.656. The standard InChI is InChI=1S/C15H20N4O2/c1-3-4-8-12(16)14(20)17-13-9-6-5-7-11(13)15-19-18-10(2)21-15/h5-7,9,12H,3-4,8,16H2,1-2H3,(H,17,20)/t12-/m0/s1. The van der Waals surface area contributed by atoms with Gasteiger partial charge in [0.15, 0.2) is 0 Å². The van der Waals surface area contributed by atoms with Gasteiger partial charge in [-0.15, -0.1) is 10.2 Å². The molecule has 1 aromatic heterocycles. The smallest absolute Gasteiger partial charge is 0.249 e. The van der Waals surface area contributed by atoms with Crippen molar-refractivity contribution in [3.05, 3.63) is 30.2 Å². The third-order valence-corrected chi connectivity index (χ3v) is 3.15. The Morgan fingerprint density at radius 1 is 1.38 bits per heavy atom. The van der Waals surface area contributed by atoms with Crippen LogP contribution >= 0.6 is 0 Å². The number of anilines is 1. The van der Waals surface area contributed by atoms with E-state index in [1.54, 1.807) is 13.0 Å². The molecule has 0 aliphatic carbocycles. The minimum absolute atomic E-state index is 0.202. The first kappa shape index (κ1) is 15.2. The number of unbranched alkanes of at least 4 members (excludes halogenated alkanes) is 1. The van der Waals surface area contributed by atoms with Crippen molar-refractivity contribution in [3.8, 4) is 11.5 Å². The van der Waals surface area contributed by atoms with E-state index < -0.39 is 6.04 Å². The number of aryl methyl sites for hydroxylation is 1. The maximum Gasteiger partial charge on any atom is 0.249 e. The minimum atomic E-state index is -0.512. The second-order valence-electron chi connectivity index (χ2n) is 4.91. The lowest BCUT2D eigenvalue weighted by atomic mass is 10.1. The molecule has 112 valence electrons. The van der Waals surface area contributed by atoms with Crippen molar-refractivity contribution in [2.45, 2.75) is 39.2 Å². The summed E-state index contributed by atoms with van der Waals surface area (Å²) in [7, 11) is 0. The highest BCUT2D eigenvalue weighted by Crippen LogP contribution is 2.26. The molecule has 0 saturated heterocycles. The molecule has 0 aliphatic heterocycles. The highest BCUT2D eigenvalue weighted by atomic mass is 16.4. The molecule has 1 aromatic carbocycles. The summed E-state index contributed by atoms with van der Waals surface area (Å²) in [6.45, 7) is 3.79. The van der Waals surface area contributed by atoms with Gasteiger partial charge in [-0.3, -0.25) is 4.79 Å². The monoisotopic (exact) mass is 288 g/mol. The second kappa shape index (κ2) is 6.99. The zero-order chi connectivity index (χ0) is 15.2. The number of aromatic nitrogens is 2. The number of rotatable bonds is 6. The van der Waals surface area contributed by atoms with Gasteiger partial charge in [0.2, 0.25) is 17.7 Å². The Morgan fingerprint density at radius 2 is 2.14 bits per heavy atom. The molecule has 0 aliphatic rings. The van der Waals surface area contributed by atoms with Gasteiger partial charge in [0, 0.05) is 6.92 Å². The molecule has 2 rings (SSSR count). The van der Waals surface area contributed by atoms with Crippen LogP contribution in [0.5, 0.6) is 0 Å². The topological polar surface area (TPSA) is 94.0 Å². The molecule has 6 heteroatoms. The minimum Gasteiger partial charge on any atom is -0.421 e. The highest BCUT2D eigenvalue weighted by molar-refractivity contribution is 5.97. The van der Waals surface area contributed by atoms with Crippen molar-refractivity contribution < 1.29 is 9.21 Å². The van der Waals surface area contributed by atoms with Gasteiger partial charge in [0.25, 0.3) is 0 Å². The van der Waals surface area contributed by atoms with Crippen LogP contribution in [0.15, 0.2) is 28.7 Å². The van der Waals surface area contributed by atoms with E-state index in [-0.39, 0.29) is 5.91 Å². The van der Waals surface area contributed by atoms with E-state index in [0.29, 0.717) is 29.5 Å². The number of amides is 1. The number of nitrogens with two attached hydrogens (primary N) is 1. The average Bonchev–Trinajstić information content (AvgIpc) is 2.91. The van der Waals surface area contributed by atoms with Crippen molar-refractivity contribution in [3.63, 3.8) is 0 Å². The summed E-state index contributed by atoms with van der Waals surface area (Å²) in [6, 6.07) is 6.78. The summed E-state index contributed by atoms with van der Waals surface area (Å²) < 4.78 is 5.41.